The number of aromatic nitrogens is 3. The van der Waals surface area contributed by atoms with Crippen LogP contribution in [0, 0.1) is 0 Å². The van der Waals surface area contributed by atoms with Gasteiger partial charge in [-0.3, -0.25) is 4.90 Å². The summed E-state index contributed by atoms with van der Waals surface area (Å²) in [6, 6.07) is 4.37. The number of fused-ring (bicyclic) bond motifs is 1. The Kier molecular flexibility index (Phi) is 3.35. The van der Waals surface area contributed by atoms with Gasteiger partial charge in [0.05, 0.1) is 10.5 Å². The first kappa shape index (κ1) is 12.1. The third-order valence-corrected chi connectivity index (χ3v) is 4.27. The lowest BCUT2D eigenvalue weighted by Crippen LogP contribution is -2.33. The highest BCUT2D eigenvalue weighted by Gasteiger charge is 2.26. The predicted octanol–water partition coefficient (Wildman–Crippen LogP) is 3.04. The summed E-state index contributed by atoms with van der Waals surface area (Å²) >= 11 is 3.53. The van der Waals surface area contributed by atoms with Crippen molar-refractivity contribution in [2.75, 3.05) is 13.1 Å². The summed E-state index contributed by atoms with van der Waals surface area (Å²) in [7, 11) is 0. The molecular weight excluding hydrogens is 292 g/mol. The van der Waals surface area contributed by atoms with E-state index in [4.69, 9.17) is 4.98 Å². The zero-order valence-corrected chi connectivity index (χ0v) is 12.1. The molecule has 1 unspecified atom stereocenters. The van der Waals surface area contributed by atoms with E-state index in [0.29, 0.717) is 6.04 Å². The van der Waals surface area contributed by atoms with Crippen molar-refractivity contribution in [3.63, 3.8) is 0 Å². The fraction of sp³-hybridized carbons (Fsp3) is 0.538. The van der Waals surface area contributed by atoms with Gasteiger partial charge in [-0.25, -0.2) is 9.50 Å². The summed E-state index contributed by atoms with van der Waals surface area (Å²) < 4.78 is 2.87. The molecule has 18 heavy (non-hydrogen) atoms. The van der Waals surface area contributed by atoms with Crippen molar-refractivity contribution >= 4 is 21.6 Å². The second-order valence-corrected chi connectivity index (χ2v) is 5.59. The zero-order valence-electron chi connectivity index (χ0n) is 10.5. The second-order valence-electron chi connectivity index (χ2n) is 4.73. The fourth-order valence-electron chi connectivity index (χ4n) is 2.69. The molecule has 0 amide bonds. The molecule has 0 aliphatic carbocycles. The molecule has 2 aromatic heterocycles. The highest BCUT2D eigenvalue weighted by Crippen LogP contribution is 2.29. The minimum atomic E-state index is 0.385. The molecule has 1 fully saturated rings. The van der Waals surface area contributed by atoms with Crippen LogP contribution < -0.4 is 0 Å². The first-order valence-electron chi connectivity index (χ1n) is 6.54. The molecule has 4 nitrogen and oxygen atoms in total. The van der Waals surface area contributed by atoms with E-state index in [0.717, 1.165) is 29.0 Å². The second kappa shape index (κ2) is 4.97. The van der Waals surface area contributed by atoms with E-state index in [9.17, 15) is 0 Å². The predicted molar refractivity (Wildman–Crippen MR) is 74.5 cm³/mol. The molecule has 1 aliphatic heterocycles. The normalized spacial score (nSPS) is 21.6. The van der Waals surface area contributed by atoms with Crippen molar-refractivity contribution in [2.45, 2.75) is 32.2 Å². The lowest BCUT2D eigenvalue weighted by Gasteiger charge is -2.32. The average Bonchev–Trinajstić information content (AvgIpc) is 2.84. The van der Waals surface area contributed by atoms with Crippen LogP contribution in [-0.2, 0) is 0 Å². The maximum Gasteiger partial charge on any atom is 0.169 e. The number of pyridine rings is 1. The molecular formula is C13H17BrN4. The molecule has 0 aromatic carbocycles. The Bertz CT molecular complexity index is 551. The van der Waals surface area contributed by atoms with E-state index >= 15 is 0 Å². The molecule has 1 atom stereocenters. The smallest absolute Gasteiger partial charge is 0.169 e. The summed E-state index contributed by atoms with van der Waals surface area (Å²) in [6.07, 6.45) is 5.69. The maximum absolute atomic E-state index is 4.70. The van der Waals surface area contributed by atoms with E-state index in [1.54, 1.807) is 0 Å². The molecule has 1 aliphatic rings. The quantitative estimate of drug-likeness (QED) is 0.855. The highest BCUT2D eigenvalue weighted by atomic mass is 79.9. The summed E-state index contributed by atoms with van der Waals surface area (Å²) in [5.74, 6) is 0.962. The molecule has 0 spiro atoms. The van der Waals surface area contributed by atoms with Crippen LogP contribution >= 0.6 is 15.9 Å². The third kappa shape index (κ3) is 2.06. The van der Waals surface area contributed by atoms with Crippen LogP contribution in [0.2, 0.25) is 0 Å². The van der Waals surface area contributed by atoms with E-state index in [1.807, 2.05) is 22.8 Å². The van der Waals surface area contributed by atoms with Crippen molar-refractivity contribution in [1.82, 2.24) is 19.5 Å². The third-order valence-electron chi connectivity index (χ3n) is 3.65. The monoisotopic (exact) mass is 308 g/mol. The Morgan fingerprint density at radius 1 is 1.44 bits per heavy atom. The van der Waals surface area contributed by atoms with Gasteiger partial charge in [-0.2, -0.15) is 0 Å². The van der Waals surface area contributed by atoms with Crippen LogP contribution in [0.5, 0.6) is 0 Å². The number of halogens is 1. The van der Waals surface area contributed by atoms with Crippen molar-refractivity contribution in [3.05, 3.63) is 28.6 Å². The van der Waals surface area contributed by atoms with Gasteiger partial charge in [-0.05, 0) is 54.0 Å². The van der Waals surface area contributed by atoms with Gasteiger partial charge >= 0.3 is 0 Å². The van der Waals surface area contributed by atoms with Gasteiger partial charge in [0, 0.05) is 6.20 Å². The highest BCUT2D eigenvalue weighted by molar-refractivity contribution is 9.10. The van der Waals surface area contributed by atoms with E-state index < -0.39 is 0 Å². The average molecular weight is 309 g/mol. The Balaban J connectivity index is 2.00. The van der Waals surface area contributed by atoms with Crippen molar-refractivity contribution in [1.29, 1.82) is 0 Å². The number of nitrogens with zero attached hydrogens (tertiary/aromatic N) is 4. The lowest BCUT2D eigenvalue weighted by atomic mass is 10.0. The maximum atomic E-state index is 4.70. The van der Waals surface area contributed by atoms with Gasteiger partial charge in [0.25, 0.3) is 0 Å². The summed E-state index contributed by atoms with van der Waals surface area (Å²) in [6.45, 7) is 4.45. The summed E-state index contributed by atoms with van der Waals surface area (Å²) in [5, 5.41) is 4.63. The van der Waals surface area contributed by atoms with Crippen LogP contribution in [0.3, 0.4) is 0 Å². The molecule has 0 bridgehead atoms. The van der Waals surface area contributed by atoms with Crippen LogP contribution in [0.25, 0.3) is 5.65 Å². The fourth-order valence-corrected chi connectivity index (χ4v) is 3.12. The van der Waals surface area contributed by atoms with Crippen LogP contribution in [-0.4, -0.2) is 32.6 Å². The minimum absolute atomic E-state index is 0.385. The van der Waals surface area contributed by atoms with Gasteiger partial charge in [-0.1, -0.05) is 13.3 Å². The van der Waals surface area contributed by atoms with E-state index in [-0.39, 0.29) is 0 Å². The largest absolute Gasteiger partial charge is 0.294 e. The molecule has 1 saturated heterocycles. The van der Waals surface area contributed by atoms with Gasteiger partial charge < -0.3 is 0 Å². The Morgan fingerprint density at radius 2 is 2.33 bits per heavy atom. The van der Waals surface area contributed by atoms with Gasteiger partial charge in [0.15, 0.2) is 11.5 Å². The van der Waals surface area contributed by atoms with Gasteiger partial charge in [0.1, 0.15) is 0 Å². The minimum Gasteiger partial charge on any atom is -0.294 e. The van der Waals surface area contributed by atoms with Gasteiger partial charge in [-0.15, -0.1) is 5.10 Å². The Morgan fingerprint density at radius 3 is 3.11 bits per heavy atom. The number of hydrogen-bond acceptors (Lipinski definition) is 3. The molecule has 2 aromatic rings. The molecule has 0 radical (unpaired) electrons. The van der Waals surface area contributed by atoms with Crippen LogP contribution in [0.15, 0.2) is 22.8 Å². The molecule has 96 valence electrons. The zero-order chi connectivity index (χ0) is 12.5. The molecule has 0 saturated carbocycles. The number of piperidine rings is 1. The van der Waals surface area contributed by atoms with E-state index in [2.05, 4.69) is 32.9 Å². The Hall–Kier alpha value is -0.940. The van der Waals surface area contributed by atoms with Crippen molar-refractivity contribution in [3.8, 4) is 0 Å². The van der Waals surface area contributed by atoms with Crippen LogP contribution in [0.1, 0.15) is 38.1 Å². The molecule has 0 N–H and O–H groups in total. The molecule has 3 heterocycles. The number of likely N-dealkylation sites (tertiary alicyclic amines) is 1. The topological polar surface area (TPSA) is 33.4 Å². The Labute approximate surface area is 115 Å². The summed E-state index contributed by atoms with van der Waals surface area (Å²) in [5.41, 5.74) is 0.911. The summed E-state index contributed by atoms with van der Waals surface area (Å²) in [4.78, 5) is 7.18. The standard InChI is InChI=1S/C13H17BrN4/c1-2-17-8-4-3-7-11(17)12-15-13-10(14)6-5-9-18(13)16-12/h5-6,9,11H,2-4,7-8H2,1H3. The van der Waals surface area contributed by atoms with E-state index in [1.165, 1.54) is 19.3 Å². The molecule has 5 heteroatoms. The number of hydrogen-bond donors (Lipinski definition) is 0. The van der Waals surface area contributed by atoms with Crippen LogP contribution in [0.4, 0.5) is 0 Å². The van der Waals surface area contributed by atoms with Crippen molar-refractivity contribution in [2.24, 2.45) is 0 Å². The SMILES string of the molecule is CCN1CCCCC1c1nc2c(Br)cccn2n1. The first-order valence-corrected chi connectivity index (χ1v) is 7.33. The lowest BCUT2D eigenvalue weighted by molar-refractivity contribution is 0.150. The molecule has 3 rings (SSSR count). The van der Waals surface area contributed by atoms with Gasteiger partial charge in [0.2, 0.25) is 0 Å². The first-order chi connectivity index (χ1) is 8.79. The number of rotatable bonds is 2. The van der Waals surface area contributed by atoms with Crippen molar-refractivity contribution < 1.29 is 0 Å².